The number of fused-ring (bicyclic) bond motifs is 1. The van der Waals surface area contributed by atoms with Crippen molar-refractivity contribution < 1.29 is 14.3 Å². The fraction of sp³-hybridized carbons (Fsp3) is 0.387. The second-order valence-corrected chi connectivity index (χ2v) is 10.8. The smallest absolute Gasteiger partial charge is 0.338 e. The Balaban J connectivity index is 1.64. The molecule has 1 fully saturated rings. The maximum atomic E-state index is 14.0. The Morgan fingerprint density at radius 3 is 2.51 bits per heavy atom. The molecule has 1 aromatic heterocycles. The second-order valence-electron chi connectivity index (χ2n) is 9.79. The second kappa shape index (κ2) is 12.0. The lowest BCUT2D eigenvalue weighted by molar-refractivity contribution is -0.139. The number of para-hydroxylation sites is 1. The van der Waals surface area contributed by atoms with Crippen molar-refractivity contribution in [2.24, 2.45) is 4.99 Å². The number of nitrogens with zero attached hydrogens (tertiary/aromatic N) is 3. The summed E-state index contributed by atoms with van der Waals surface area (Å²) in [6, 6.07) is 15.2. The van der Waals surface area contributed by atoms with Gasteiger partial charge in [-0.2, -0.15) is 0 Å². The first kappa shape index (κ1) is 26.9. The van der Waals surface area contributed by atoms with E-state index in [1.165, 1.54) is 36.3 Å². The van der Waals surface area contributed by atoms with Gasteiger partial charge in [0.25, 0.3) is 5.56 Å². The molecule has 1 saturated heterocycles. The monoisotopic (exact) mass is 545 g/mol. The fourth-order valence-electron chi connectivity index (χ4n) is 5.39. The molecule has 2 aliphatic heterocycles. The number of piperidine rings is 1. The quantitative estimate of drug-likeness (QED) is 0.388. The zero-order chi connectivity index (χ0) is 27.4. The van der Waals surface area contributed by atoms with Gasteiger partial charge in [0, 0.05) is 24.3 Å². The molecule has 7 nitrogen and oxygen atoms in total. The molecule has 8 heteroatoms. The predicted molar refractivity (Wildman–Crippen MR) is 155 cm³/mol. The normalized spacial score (nSPS) is 17.6. The molecule has 5 rings (SSSR count). The standard InChI is InChI=1S/C31H35N3O4S/c1-4-11-24-27(30(36)38-5-2)28(23-12-7-8-13-25(23)37-3)34-29(35)26(39-31(34)32-24)20-21-14-16-22(17-15-21)33-18-9-6-10-19-33/h7-8,12-17,20,28H,4-6,9-11,18-19H2,1-3H3/b26-20+/t28-/m0/s1. The minimum Gasteiger partial charge on any atom is -0.496 e. The van der Waals surface area contributed by atoms with Crippen LogP contribution in [-0.4, -0.2) is 37.3 Å². The minimum absolute atomic E-state index is 0.188. The largest absolute Gasteiger partial charge is 0.496 e. The fourth-order valence-corrected chi connectivity index (χ4v) is 6.41. The van der Waals surface area contributed by atoms with Crippen molar-refractivity contribution in [3.63, 3.8) is 0 Å². The van der Waals surface area contributed by atoms with Crippen LogP contribution >= 0.6 is 11.3 Å². The van der Waals surface area contributed by atoms with Crippen molar-refractivity contribution in [3.8, 4) is 5.75 Å². The van der Waals surface area contributed by atoms with Crippen LogP contribution < -0.4 is 24.5 Å². The Labute approximate surface area is 232 Å². The lowest BCUT2D eigenvalue weighted by Crippen LogP contribution is -2.40. The van der Waals surface area contributed by atoms with Crippen molar-refractivity contribution in [1.82, 2.24) is 4.57 Å². The van der Waals surface area contributed by atoms with Gasteiger partial charge in [0.1, 0.15) is 11.8 Å². The van der Waals surface area contributed by atoms with Crippen LogP contribution in [0.4, 0.5) is 5.69 Å². The number of anilines is 1. The van der Waals surface area contributed by atoms with Crippen molar-refractivity contribution in [3.05, 3.63) is 90.6 Å². The molecule has 0 N–H and O–H groups in total. The van der Waals surface area contributed by atoms with E-state index in [0.29, 0.717) is 32.8 Å². The summed E-state index contributed by atoms with van der Waals surface area (Å²) in [6.07, 6.45) is 7.06. The SMILES string of the molecule is CCCC1=C(C(=O)OCC)[C@H](c2ccccc2OC)n2c(s/c(=C/c3ccc(N4CCCCC4)cc3)c2=O)=N1. The lowest BCUT2D eigenvalue weighted by atomic mass is 9.93. The number of allylic oxidation sites excluding steroid dienone is 1. The molecular weight excluding hydrogens is 510 g/mol. The first-order valence-electron chi connectivity index (χ1n) is 13.8. The highest BCUT2D eigenvalue weighted by atomic mass is 32.1. The zero-order valence-electron chi connectivity index (χ0n) is 22.8. The van der Waals surface area contributed by atoms with Crippen LogP contribution in [0.3, 0.4) is 0 Å². The average Bonchev–Trinajstić information content (AvgIpc) is 3.27. The van der Waals surface area contributed by atoms with Gasteiger partial charge < -0.3 is 14.4 Å². The number of carbonyl (C=O) groups excluding carboxylic acids is 1. The van der Waals surface area contributed by atoms with Gasteiger partial charge in [-0.1, -0.05) is 55.0 Å². The van der Waals surface area contributed by atoms with Crippen molar-refractivity contribution in [2.75, 3.05) is 31.7 Å². The number of rotatable bonds is 8. The third kappa shape index (κ3) is 5.43. The van der Waals surface area contributed by atoms with E-state index in [4.69, 9.17) is 14.5 Å². The van der Waals surface area contributed by atoms with E-state index in [0.717, 1.165) is 30.6 Å². The highest BCUT2D eigenvalue weighted by molar-refractivity contribution is 7.07. The molecule has 0 bridgehead atoms. The highest BCUT2D eigenvalue weighted by Crippen LogP contribution is 2.36. The first-order valence-corrected chi connectivity index (χ1v) is 14.6. The van der Waals surface area contributed by atoms with E-state index in [1.807, 2.05) is 37.3 Å². The Hall–Kier alpha value is -3.65. The summed E-state index contributed by atoms with van der Waals surface area (Å²) in [5.41, 5.74) is 3.76. The number of ether oxygens (including phenoxy) is 2. The molecule has 2 aromatic carbocycles. The van der Waals surface area contributed by atoms with Crippen LogP contribution in [-0.2, 0) is 9.53 Å². The van der Waals surface area contributed by atoms with Crippen LogP contribution in [0.15, 0.2) is 69.6 Å². The molecule has 0 radical (unpaired) electrons. The summed E-state index contributed by atoms with van der Waals surface area (Å²) in [4.78, 5) is 35.1. The summed E-state index contributed by atoms with van der Waals surface area (Å²) in [6.45, 7) is 6.24. The third-order valence-electron chi connectivity index (χ3n) is 7.24. The number of aromatic nitrogens is 1. The summed E-state index contributed by atoms with van der Waals surface area (Å²) < 4.78 is 13.3. The van der Waals surface area contributed by atoms with E-state index in [1.54, 1.807) is 18.6 Å². The van der Waals surface area contributed by atoms with Gasteiger partial charge in [-0.15, -0.1) is 0 Å². The molecule has 0 spiro atoms. The van der Waals surface area contributed by atoms with Gasteiger partial charge in [-0.05, 0) is 62.4 Å². The van der Waals surface area contributed by atoms with Crippen LogP contribution in [0.25, 0.3) is 6.08 Å². The first-order chi connectivity index (χ1) is 19.0. The molecule has 0 aliphatic carbocycles. The molecule has 1 atom stereocenters. The molecular formula is C31H35N3O4S. The molecule has 0 unspecified atom stereocenters. The molecule has 3 aromatic rings. The van der Waals surface area contributed by atoms with Crippen molar-refractivity contribution in [2.45, 2.75) is 52.0 Å². The van der Waals surface area contributed by atoms with E-state index >= 15 is 0 Å². The Morgan fingerprint density at radius 2 is 1.82 bits per heavy atom. The van der Waals surface area contributed by atoms with Gasteiger partial charge in [0.15, 0.2) is 4.80 Å². The van der Waals surface area contributed by atoms with Crippen molar-refractivity contribution >= 4 is 29.1 Å². The summed E-state index contributed by atoms with van der Waals surface area (Å²) in [7, 11) is 1.59. The number of benzene rings is 2. The zero-order valence-corrected chi connectivity index (χ0v) is 23.6. The third-order valence-corrected chi connectivity index (χ3v) is 8.22. The summed E-state index contributed by atoms with van der Waals surface area (Å²) >= 11 is 1.35. The number of thiazole rings is 1. The number of hydrogen-bond acceptors (Lipinski definition) is 7. The number of hydrogen-bond donors (Lipinski definition) is 0. The Bertz CT molecular complexity index is 1550. The molecule has 3 heterocycles. The van der Waals surface area contributed by atoms with E-state index in [9.17, 15) is 9.59 Å². The minimum atomic E-state index is -0.693. The lowest BCUT2D eigenvalue weighted by Gasteiger charge is -2.28. The molecule has 2 aliphatic rings. The summed E-state index contributed by atoms with van der Waals surface area (Å²) in [5.74, 6) is 0.146. The van der Waals surface area contributed by atoms with Crippen LogP contribution in [0.1, 0.15) is 63.1 Å². The number of carbonyl (C=O) groups is 1. The Kier molecular flexibility index (Phi) is 8.31. The van der Waals surface area contributed by atoms with Gasteiger partial charge in [0.2, 0.25) is 0 Å². The van der Waals surface area contributed by atoms with Gasteiger partial charge >= 0.3 is 5.97 Å². The van der Waals surface area contributed by atoms with Crippen LogP contribution in [0.5, 0.6) is 5.75 Å². The molecule has 0 saturated carbocycles. The topological polar surface area (TPSA) is 73.1 Å². The Morgan fingerprint density at radius 1 is 1.08 bits per heavy atom. The van der Waals surface area contributed by atoms with E-state index in [2.05, 4.69) is 29.2 Å². The summed E-state index contributed by atoms with van der Waals surface area (Å²) in [5, 5.41) is 0. The van der Waals surface area contributed by atoms with Crippen LogP contribution in [0.2, 0.25) is 0 Å². The van der Waals surface area contributed by atoms with Gasteiger partial charge in [-0.25, -0.2) is 9.79 Å². The maximum absolute atomic E-state index is 14.0. The molecule has 39 heavy (non-hydrogen) atoms. The number of methoxy groups -OCH3 is 1. The maximum Gasteiger partial charge on any atom is 0.338 e. The van der Waals surface area contributed by atoms with E-state index in [-0.39, 0.29) is 12.2 Å². The predicted octanol–water partition coefficient (Wildman–Crippen LogP) is 4.58. The van der Waals surface area contributed by atoms with Gasteiger partial charge in [-0.3, -0.25) is 9.36 Å². The number of esters is 1. The molecule has 0 amide bonds. The van der Waals surface area contributed by atoms with E-state index < -0.39 is 12.0 Å². The average molecular weight is 546 g/mol. The van der Waals surface area contributed by atoms with Gasteiger partial charge in [0.05, 0.1) is 29.5 Å². The van der Waals surface area contributed by atoms with Crippen molar-refractivity contribution in [1.29, 1.82) is 0 Å². The molecule has 204 valence electrons. The highest BCUT2D eigenvalue weighted by Gasteiger charge is 2.35. The van der Waals surface area contributed by atoms with Crippen LogP contribution in [0, 0.1) is 0 Å².